The largest absolute Gasteiger partial charge is 0.376 e. The lowest BCUT2D eigenvalue weighted by molar-refractivity contribution is -0.400. The monoisotopic (exact) mass is 284 g/mol. The number of nitrogens with one attached hydrogen (secondary N) is 1. The Labute approximate surface area is 122 Å². The molecule has 0 aliphatic rings. The van der Waals surface area contributed by atoms with E-state index in [-0.39, 0.29) is 0 Å². The van der Waals surface area contributed by atoms with Crippen LogP contribution in [0, 0.1) is 10.1 Å². The molecule has 6 nitrogen and oxygen atoms in total. The van der Waals surface area contributed by atoms with Crippen molar-refractivity contribution in [2.45, 2.75) is 0 Å². The van der Waals surface area contributed by atoms with Gasteiger partial charge in [-0.05, 0) is 29.8 Å². The Morgan fingerprint density at radius 2 is 2.10 bits per heavy atom. The number of hydrogen-bond donors (Lipinski definition) is 1. The zero-order valence-electron chi connectivity index (χ0n) is 11.9. The Kier molecular flexibility index (Phi) is 4.50. The molecule has 2 aromatic rings. The van der Waals surface area contributed by atoms with Crippen LogP contribution >= 0.6 is 0 Å². The van der Waals surface area contributed by atoms with Crippen LogP contribution in [-0.4, -0.2) is 24.0 Å². The SMILES string of the molecule is CN(C)c1ccc(/C=C/[N+](=O)[O-])cc1Nc1ccccn1. The molecule has 1 heterocycles. The van der Waals surface area contributed by atoms with Gasteiger partial charge in [-0.1, -0.05) is 12.1 Å². The molecule has 1 N–H and O–H groups in total. The van der Waals surface area contributed by atoms with E-state index in [0.29, 0.717) is 0 Å². The molecule has 0 aliphatic carbocycles. The summed E-state index contributed by atoms with van der Waals surface area (Å²) in [4.78, 5) is 16.1. The Hall–Kier alpha value is -2.89. The molecule has 0 atom stereocenters. The molecule has 0 amide bonds. The zero-order chi connectivity index (χ0) is 15.2. The maximum Gasteiger partial charge on any atom is 0.235 e. The van der Waals surface area contributed by atoms with Crippen molar-refractivity contribution in [3.05, 3.63) is 64.5 Å². The lowest BCUT2D eigenvalue weighted by Gasteiger charge is -2.18. The van der Waals surface area contributed by atoms with Crippen molar-refractivity contribution in [3.8, 4) is 0 Å². The molecule has 0 spiro atoms. The van der Waals surface area contributed by atoms with E-state index in [1.807, 2.05) is 55.4 Å². The first-order chi connectivity index (χ1) is 10.1. The summed E-state index contributed by atoms with van der Waals surface area (Å²) in [6.45, 7) is 0. The molecule has 1 aromatic heterocycles. The molecule has 108 valence electrons. The molecule has 1 aromatic carbocycles. The number of benzene rings is 1. The first kappa shape index (κ1) is 14.5. The standard InChI is InChI=1S/C15H16N4O2/c1-18(2)14-7-6-12(8-10-19(20)21)11-13(14)17-15-5-3-4-9-16-15/h3-11H,1-2H3,(H,16,17)/b10-8+. The van der Waals surface area contributed by atoms with Gasteiger partial charge >= 0.3 is 0 Å². The number of pyridine rings is 1. The van der Waals surface area contributed by atoms with Crippen LogP contribution in [0.15, 0.2) is 48.8 Å². The normalized spacial score (nSPS) is 10.6. The van der Waals surface area contributed by atoms with Gasteiger partial charge in [-0.3, -0.25) is 10.1 Å². The summed E-state index contributed by atoms with van der Waals surface area (Å²) in [6, 6.07) is 11.2. The quantitative estimate of drug-likeness (QED) is 0.674. The molecular formula is C15H16N4O2. The maximum atomic E-state index is 10.4. The van der Waals surface area contributed by atoms with Gasteiger partial charge in [-0.25, -0.2) is 4.98 Å². The topological polar surface area (TPSA) is 71.3 Å². The predicted octanol–water partition coefficient (Wildman–Crippen LogP) is 3.14. The first-order valence-electron chi connectivity index (χ1n) is 6.37. The van der Waals surface area contributed by atoms with Gasteiger partial charge in [0.2, 0.25) is 6.20 Å². The van der Waals surface area contributed by atoms with Gasteiger partial charge in [0, 0.05) is 26.4 Å². The third kappa shape index (κ3) is 4.04. The Morgan fingerprint density at radius 1 is 1.29 bits per heavy atom. The Balaban J connectivity index is 2.35. The van der Waals surface area contributed by atoms with Crippen LogP contribution in [-0.2, 0) is 0 Å². The number of anilines is 3. The zero-order valence-corrected chi connectivity index (χ0v) is 11.9. The molecule has 2 rings (SSSR count). The van der Waals surface area contributed by atoms with Crippen molar-refractivity contribution in [1.29, 1.82) is 0 Å². The minimum absolute atomic E-state index is 0.480. The summed E-state index contributed by atoms with van der Waals surface area (Å²) < 4.78 is 0. The highest BCUT2D eigenvalue weighted by Gasteiger charge is 2.06. The van der Waals surface area contributed by atoms with E-state index in [1.54, 1.807) is 6.20 Å². The van der Waals surface area contributed by atoms with Crippen LogP contribution in [0.2, 0.25) is 0 Å². The van der Waals surface area contributed by atoms with Crippen LogP contribution < -0.4 is 10.2 Å². The fourth-order valence-corrected chi connectivity index (χ4v) is 1.87. The highest BCUT2D eigenvalue weighted by atomic mass is 16.6. The van der Waals surface area contributed by atoms with E-state index >= 15 is 0 Å². The van der Waals surface area contributed by atoms with Gasteiger partial charge in [-0.15, -0.1) is 0 Å². The van der Waals surface area contributed by atoms with E-state index < -0.39 is 4.92 Å². The predicted molar refractivity (Wildman–Crippen MR) is 84.3 cm³/mol. The summed E-state index contributed by atoms with van der Waals surface area (Å²) in [7, 11) is 3.87. The van der Waals surface area contributed by atoms with Gasteiger partial charge in [0.25, 0.3) is 0 Å². The second-order valence-corrected chi connectivity index (χ2v) is 4.61. The van der Waals surface area contributed by atoms with E-state index in [4.69, 9.17) is 0 Å². The average Bonchev–Trinajstić information content (AvgIpc) is 2.46. The van der Waals surface area contributed by atoms with Gasteiger partial charge < -0.3 is 10.2 Å². The van der Waals surface area contributed by atoms with E-state index in [0.717, 1.165) is 29.0 Å². The highest BCUT2D eigenvalue weighted by Crippen LogP contribution is 2.28. The van der Waals surface area contributed by atoms with Gasteiger partial charge in [0.15, 0.2) is 0 Å². The molecule has 0 bridgehead atoms. The molecular weight excluding hydrogens is 268 g/mol. The van der Waals surface area contributed by atoms with Crippen LogP contribution in [0.4, 0.5) is 17.2 Å². The average molecular weight is 284 g/mol. The van der Waals surface area contributed by atoms with E-state index in [2.05, 4.69) is 10.3 Å². The number of nitrogens with zero attached hydrogens (tertiary/aromatic N) is 3. The van der Waals surface area contributed by atoms with Crippen LogP contribution in [0.5, 0.6) is 0 Å². The Bertz CT molecular complexity index is 654. The minimum atomic E-state index is -0.480. The van der Waals surface area contributed by atoms with Gasteiger partial charge in [0.1, 0.15) is 5.82 Å². The van der Waals surface area contributed by atoms with Gasteiger partial charge in [-0.2, -0.15) is 0 Å². The number of nitro groups is 1. The van der Waals surface area contributed by atoms with Crippen molar-refractivity contribution in [3.63, 3.8) is 0 Å². The maximum absolute atomic E-state index is 10.4. The molecule has 0 radical (unpaired) electrons. The van der Waals surface area contributed by atoms with Crippen molar-refractivity contribution >= 4 is 23.3 Å². The summed E-state index contributed by atoms with van der Waals surface area (Å²) in [5.41, 5.74) is 2.55. The van der Waals surface area contributed by atoms with Gasteiger partial charge in [0.05, 0.1) is 16.3 Å². The van der Waals surface area contributed by atoms with Crippen molar-refractivity contribution < 1.29 is 4.92 Å². The molecule has 0 saturated heterocycles. The lowest BCUT2D eigenvalue weighted by atomic mass is 10.1. The lowest BCUT2D eigenvalue weighted by Crippen LogP contribution is -2.11. The summed E-state index contributed by atoms with van der Waals surface area (Å²) >= 11 is 0. The fraction of sp³-hybridized carbons (Fsp3) is 0.133. The van der Waals surface area contributed by atoms with Crippen LogP contribution in [0.1, 0.15) is 5.56 Å². The summed E-state index contributed by atoms with van der Waals surface area (Å²) in [6.07, 6.45) is 4.09. The number of hydrogen-bond acceptors (Lipinski definition) is 5. The summed E-state index contributed by atoms with van der Waals surface area (Å²) in [5, 5.41) is 13.6. The van der Waals surface area contributed by atoms with E-state index in [1.165, 1.54) is 6.08 Å². The third-order valence-corrected chi connectivity index (χ3v) is 2.82. The Morgan fingerprint density at radius 3 is 2.71 bits per heavy atom. The van der Waals surface area contributed by atoms with Crippen molar-refractivity contribution in [2.24, 2.45) is 0 Å². The molecule has 6 heteroatoms. The van der Waals surface area contributed by atoms with Crippen LogP contribution in [0.25, 0.3) is 6.08 Å². The summed E-state index contributed by atoms with van der Waals surface area (Å²) in [5.74, 6) is 0.719. The van der Waals surface area contributed by atoms with E-state index in [9.17, 15) is 10.1 Å². The van der Waals surface area contributed by atoms with Crippen LogP contribution in [0.3, 0.4) is 0 Å². The molecule has 21 heavy (non-hydrogen) atoms. The molecule has 0 fully saturated rings. The number of rotatable bonds is 5. The molecule has 0 aliphatic heterocycles. The fourth-order valence-electron chi connectivity index (χ4n) is 1.87. The first-order valence-corrected chi connectivity index (χ1v) is 6.37. The minimum Gasteiger partial charge on any atom is -0.376 e. The molecule has 0 saturated carbocycles. The van der Waals surface area contributed by atoms with Crippen molar-refractivity contribution in [2.75, 3.05) is 24.3 Å². The third-order valence-electron chi connectivity index (χ3n) is 2.82. The highest BCUT2D eigenvalue weighted by molar-refractivity contribution is 5.76. The second-order valence-electron chi connectivity index (χ2n) is 4.61. The molecule has 0 unspecified atom stereocenters. The van der Waals surface area contributed by atoms with Crippen molar-refractivity contribution in [1.82, 2.24) is 4.98 Å². The second kappa shape index (κ2) is 6.51. The smallest absolute Gasteiger partial charge is 0.235 e. The number of aromatic nitrogens is 1.